The molecule has 0 saturated heterocycles. The SMILES string of the molecule is CCNC1(CC(=O)O)CC(C)(C)CC(C)(C)C1. The summed E-state index contributed by atoms with van der Waals surface area (Å²) in [5.41, 5.74) is 0.185. The van der Waals surface area contributed by atoms with Crippen molar-refractivity contribution in [3.63, 3.8) is 0 Å². The van der Waals surface area contributed by atoms with Crippen LogP contribution in [-0.4, -0.2) is 23.2 Å². The topological polar surface area (TPSA) is 49.3 Å². The van der Waals surface area contributed by atoms with Gasteiger partial charge in [-0.3, -0.25) is 4.79 Å². The molecule has 17 heavy (non-hydrogen) atoms. The lowest BCUT2D eigenvalue weighted by atomic mass is 9.57. The van der Waals surface area contributed by atoms with E-state index in [0.717, 1.165) is 25.8 Å². The monoisotopic (exact) mass is 241 g/mol. The van der Waals surface area contributed by atoms with Crippen LogP contribution < -0.4 is 5.32 Å². The highest BCUT2D eigenvalue weighted by atomic mass is 16.4. The first kappa shape index (κ1) is 14.5. The van der Waals surface area contributed by atoms with Crippen LogP contribution in [0.1, 0.15) is 60.3 Å². The largest absolute Gasteiger partial charge is 0.481 e. The lowest BCUT2D eigenvalue weighted by molar-refractivity contribution is -0.140. The van der Waals surface area contributed by atoms with E-state index in [9.17, 15) is 4.79 Å². The molecule has 1 rings (SSSR count). The zero-order valence-corrected chi connectivity index (χ0v) is 11.9. The van der Waals surface area contributed by atoms with Gasteiger partial charge in [0.15, 0.2) is 0 Å². The van der Waals surface area contributed by atoms with Crippen molar-refractivity contribution in [2.75, 3.05) is 6.54 Å². The van der Waals surface area contributed by atoms with E-state index in [2.05, 4.69) is 39.9 Å². The molecule has 1 fully saturated rings. The smallest absolute Gasteiger partial charge is 0.305 e. The summed E-state index contributed by atoms with van der Waals surface area (Å²) >= 11 is 0. The molecule has 0 heterocycles. The van der Waals surface area contributed by atoms with Gasteiger partial charge in [-0.15, -0.1) is 0 Å². The van der Waals surface area contributed by atoms with Gasteiger partial charge < -0.3 is 10.4 Å². The molecule has 3 heteroatoms. The van der Waals surface area contributed by atoms with Crippen LogP contribution in [0.4, 0.5) is 0 Å². The van der Waals surface area contributed by atoms with Crippen molar-refractivity contribution in [3.8, 4) is 0 Å². The zero-order chi connectivity index (χ0) is 13.3. The van der Waals surface area contributed by atoms with Crippen LogP contribution in [0.2, 0.25) is 0 Å². The Morgan fingerprint density at radius 2 is 1.59 bits per heavy atom. The average molecular weight is 241 g/mol. The minimum atomic E-state index is -0.695. The second-order valence-electron chi connectivity index (χ2n) is 7.24. The van der Waals surface area contributed by atoms with E-state index in [1.807, 2.05) is 0 Å². The van der Waals surface area contributed by atoms with Crippen LogP contribution in [0.25, 0.3) is 0 Å². The first-order valence-electron chi connectivity index (χ1n) is 6.57. The summed E-state index contributed by atoms with van der Waals surface area (Å²) in [5, 5.41) is 12.6. The summed E-state index contributed by atoms with van der Waals surface area (Å²) in [7, 11) is 0. The Balaban J connectivity index is 2.98. The van der Waals surface area contributed by atoms with Gasteiger partial charge in [0, 0.05) is 5.54 Å². The van der Waals surface area contributed by atoms with Crippen molar-refractivity contribution in [3.05, 3.63) is 0 Å². The second-order valence-corrected chi connectivity index (χ2v) is 7.24. The maximum absolute atomic E-state index is 11.1. The summed E-state index contributed by atoms with van der Waals surface area (Å²) in [6, 6.07) is 0. The minimum absolute atomic E-state index is 0.208. The molecule has 0 aromatic carbocycles. The molecule has 3 nitrogen and oxygen atoms in total. The van der Waals surface area contributed by atoms with Crippen LogP contribution in [-0.2, 0) is 4.79 Å². The lowest BCUT2D eigenvalue weighted by Gasteiger charge is -2.52. The highest BCUT2D eigenvalue weighted by molar-refractivity contribution is 5.68. The maximum atomic E-state index is 11.1. The van der Waals surface area contributed by atoms with Crippen LogP contribution in [0.15, 0.2) is 0 Å². The first-order valence-corrected chi connectivity index (χ1v) is 6.57. The Morgan fingerprint density at radius 1 is 1.12 bits per heavy atom. The summed E-state index contributed by atoms with van der Waals surface area (Å²) in [5.74, 6) is -0.695. The number of carboxylic acids is 1. The van der Waals surface area contributed by atoms with Crippen LogP contribution in [0, 0.1) is 10.8 Å². The van der Waals surface area contributed by atoms with Crippen molar-refractivity contribution in [1.29, 1.82) is 0 Å². The van der Waals surface area contributed by atoms with E-state index in [-0.39, 0.29) is 22.8 Å². The molecule has 0 radical (unpaired) electrons. The van der Waals surface area contributed by atoms with Gasteiger partial charge in [0.25, 0.3) is 0 Å². The van der Waals surface area contributed by atoms with Crippen molar-refractivity contribution in [2.24, 2.45) is 10.8 Å². The maximum Gasteiger partial charge on any atom is 0.305 e. The predicted octanol–water partition coefficient (Wildman–Crippen LogP) is 3.05. The third-order valence-corrected chi connectivity index (χ3v) is 3.63. The molecule has 100 valence electrons. The van der Waals surface area contributed by atoms with E-state index < -0.39 is 5.97 Å². The molecule has 1 saturated carbocycles. The third kappa shape index (κ3) is 3.98. The molecule has 0 bridgehead atoms. The molecule has 0 spiro atoms. The van der Waals surface area contributed by atoms with Crippen LogP contribution >= 0.6 is 0 Å². The molecule has 0 aromatic heterocycles. The van der Waals surface area contributed by atoms with Gasteiger partial charge in [0.1, 0.15) is 0 Å². The highest BCUT2D eigenvalue weighted by Gasteiger charge is 2.47. The quantitative estimate of drug-likeness (QED) is 0.795. The lowest BCUT2D eigenvalue weighted by Crippen LogP contribution is -2.56. The van der Waals surface area contributed by atoms with Gasteiger partial charge >= 0.3 is 5.97 Å². The molecule has 2 N–H and O–H groups in total. The fourth-order valence-corrected chi connectivity index (χ4v) is 4.29. The summed E-state index contributed by atoms with van der Waals surface area (Å²) in [6.07, 6.45) is 3.29. The predicted molar refractivity (Wildman–Crippen MR) is 70.1 cm³/mol. The Kier molecular flexibility index (Phi) is 3.92. The number of carbonyl (C=O) groups is 1. The molecule has 0 amide bonds. The van der Waals surface area contributed by atoms with Gasteiger partial charge in [0.2, 0.25) is 0 Å². The molecular weight excluding hydrogens is 214 g/mol. The molecular formula is C14H27NO2. The molecule has 0 unspecified atom stereocenters. The number of rotatable bonds is 4. The Hall–Kier alpha value is -0.570. The number of carboxylic acid groups (broad SMARTS) is 1. The van der Waals surface area contributed by atoms with E-state index in [1.54, 1.807) is 0 Å². The molecule has 0 atom stereocenters. The highest BCUT2D eigenvalue weighted by Crippen LogP contribution is 2.51. The standard InChI is InChI=1S/C14H27NO2/c1-6-15-14(7-11(16)17)9-12(2,3)8-13(4,5)10-14/h15H,6-10H2,1-5H3,(H,16,17). The fourth-order valence-electron chi connectivity index (χ4n) is 4.29. The summed E-state index contributed by atoms with van der Waals surface area (Å²) in [6.45, 7) is 11.9. The van der Waals surface area contributed by atoms with E-state index >= 15 is 0 Å². The van der Waals surface area contributed by atoms with Crippen molar-refractivity contribution >= 4 is 5.97 Å². The molecule has 0 aliphatic heterocycles. The summed E-state index contributed by atoms with van der Waals surface area (Å²) < 4.78 is 0. The van der Waals surface area contributed by atoms with Crippen molar-refractivity contribution in [2.45, 2.75) is 65.8 Å². The minimum Gasteiger partial charge on any atom is -0.481 e. The normalized spacial score (nSPS) is 25.5. The van der Waals surface area contributed by atoms with Gasteiger partial charge in [-0.05, 0) is 36.6 Å². The Morgan fingerprint density at radius 3 is 1.94 bits per heavy atom. The average Bonchev–Trinajstić information content (AvgIpc) is 1.93. The van der Waals surface area contributed by atoms with Crippen molar-refractivity contribution < 1.29 is 9.90 Å². The van der Waals surface area contributed by atoms with Gasteiger partial charge in [-0.2, -0.15) is 0 Å². The Bertz CT molecular complexity index is 279. The van der Waals surface area contributed by atoms with Crippen LogP contribution in [0.5, 0.6) is 0 Å². The number of hydrogen-bond donors (Lipinski definition) is 2. The zero-order valence-electron chi connectivity index (χ0n) is 11.9. The molecule has 1 aliphatic carbocycles. The van der Waals surface area contributed by atoms with Crippen molar-refractivity contribution in [1.82, 2.24) is 5.32 Å². The third-order valence-electron chi connectivity index (χ3n) is 3.63. The first-order chi connectivity index (χ1) is 7.60. The Labute approximate surface area is 105 Å². The number of nitrogens with one attached hydrogen (secondary N) is 1. The summed E-state index contributed by atoms with van der Waals surface area (Å²) in [4.78, 5) is 11.1. The van der Waals surface area contributed by atoms with E-state index in [4.69, 9.17) is 5.11 Å². The number of aliphatic carboxylic acids is 1. The molecule has 1 aliphatic rings. The van der Waals surface area contributed by atoms with E-state index in [0.29, 0.717) is 0 Å². The fraction of sp³-hybridized carbons (Fsp3) is 0.929. The number of hydrogen-bond acceptors (Lipinski definition) is 2. The second kappa shape index (κ2) is 4.60. The van der Waals surface area contributed by atoms with Crippen LogP contribution in [0.3, 0.4) is 0 Å². The molecule has 0 aromatic rings. The van der Waals surface area contributed by atoms with Gasteiger partial charge in [-0.1, -0.05) is 34.6 Å². The van der Waals surface area contributed by atoms with E-state index in [1.165, 1.54) is 0 Å². The van der Waals surface area contributed by atoms with Gasteiger partial charge in [-0.25, -0.2) is 0 Å². The van der Waals surface area contributed by atoms with Gasteiger partial charge in [0.05, 0.1) is 6.42 Å².